The molecule has 0 unspecified atom stereocenters. The van der Waals surface area contributed by atoms with Gasteiger partial charge in [-0.25, -0.2) is 4.39 Å². The van der Waals surface area contributed by atoms with E-state index in [1.54, 1.807) is 12.3 Å². The third-order valence-electron chi connectivity index (χ3n) is 2.05. The Balaban J connectivity index is 2.74. The molecule has 0 aliphatic heterocycles. The average molecular weight is 209 g/mol. The van der Waals surface area contributed by atoms with Gasteiger partial charge in [-0.3, -0.25) is 0 Å². The van der Waals surface area contributed by atoms with Crippen LogP contribution in [0.15, 0.2) is 18.3 Å². The lowest BCUT2D eigenvalue weighted by molar-refractivity contribution is 0.639. The Labute approximate surface area is 84.9 Å². The number of halogens is 2. The number of aromatic nitrogens is 1. The van der Waals surface area contributed by atoms with E-state index in [1.165, 1.54) is 6.07 Å². The summed E-state index contributed by atoms with van der Waals surface area (Å²) in [5.41, 5.74) is 1.29. The zero-order valence-electron chi connectivity index (χ0n) is 7.14. The van der Waals surface area contributed by atoms with Crippen LogP contribution in [0.4, 0.5) is 4.39 Å². The number of hydrogen-bond acceptors (Lipinski definition) is 1. The lowest BCUT2D eigenvalue weighted by atomic mass is 10.1. The zero-order chi connectivity index (χ0) is 10.1. The Bertz CT molecular complexity index is 525. The summed E-state index contributed by atoms with van der Waals surface area (Å²) in [7, 11) is 0. The number of nitriles is 1. The molecular weight excluding hydrogens is 203 g/mol. The van der Waals surface area contributed by atoms with E-state index in [1.807, 2.05) is 6.07 Å². The van der Waals surface area contributed by atoms with Crippen molar-refractivity contribution in [2.75, 3.05) is 0 Å². The van der Waals surface area contributed by atoms with E-state index < -0.39 is 0 Å². The van der Waals surface area contributed by atoms with E-state index in [9.17, 15) is 4.39 Å². The molecule has 0 saturated heterocycles. The molecule has 0 aliphatic carbocycles. The number of nitrogens with one attached hydrogen (secondary N) is 1. The van der Waals surface area contributed by atoms with Gasteiger partial charge in [0.15, 0.2) is 0 Å². The van der Waals surface area contributed by atoms with E-state index in [2.05, 4.69) is 4.98 Å². The molecule has 2 rings (SSSR count). The molecule has 1 aromatic heterocycles. The van der Waals surface area contributed by atoms with Crippen LogP contribution in [0.1, 0.15) is 5.56 Å². The molecule has 0 aliphatic rings. The monoisotopic (exact) mass is 208 g/mol. The molecule has 4 heteroatoms. The van der Waals surface area contributed by atoms with E-state index in [0.29, 0.717) is 21.5 Å². The summed E-state index contributed by atoms with van der Waals surface area (Å²) in [4.78, 5) is 2.88. The summed E-state index contributed by atoms with van der Waals surface area (Å²) in [6.45, 7) is 0. The van der Waals surface area contributed by atoms with E-state index >= 15 is 0 Å². The van der Waals surface area contributed by atoms with Crippen LogP contribution in [-0.2, 0) is 6.42 Å². The van der Waals surface area contributed by atoms with Crippen LogP contribution in [0.25, 0.3) is 10.9 Å². The van der Waals surface area contributed by atoms with Gasteiger partial charge < -0.3 is 4.98 Å². The number of aromatic amines is 1. The quantitative estimate of drug-likeness (QED) is 0.769. The predicted octanol–water partition coefficient (Wildman–Crippen LogP) is 3.03. The Hall–Kier alpha value is -1.53. The molecule has 0 radical (unpaired) electrons. The summed E-state index contributed by atoms with van der Waals surface area (Å²) in [6.07, 6.45) is 1.83. The Morgan fingerprint density at radius 2 is 2.29 bits per heavy atom. The van der Waals surface area contributed by atoms with Gasteiger partial charge in [0.25, 0.3) is 0 Å². The minimum Gasteiger partial charge on any atom is -0.361 e. The average Bonchev–Trinajstić information content (AvgIpc) is 2.49. The summed E-state index contributed by atoms with van der Waals surface area (Å²) >= 11 is 5.69. The molecule has 0 atom stereocenters. The van der Waals surface area contributed by atoms with E-state index in [4.69, 9.17) is 16.9 Å². The molecule has 2 aromatic rings. The summed E-state index contributed by atoms with van der Waals surface area (Å²) < 4.78 is 13.5. The molecule has 0 spiro atoms. The number of rotatable bonds is 1. The van der Waals surface area contributed by atoms with Crippen molar-refractivity contribution in [2.24, 2.45) is 0 Å². The zero-order valence-corrected chi connectivity index (χ0v) is 7.90. The molecule has 2 nitrogen and oxygen atoms in total. The highest BCUT2D eigenvalue weighted by molar-refractivity contribution is 6.31. The predicted molar refractivity (Wildman–Crippen MR) is 52.6 cm³/mol. The third kappa shape index (κ3) is 1.34. The van der Waals surface area contributed by atoms with Gasteiger partial charge in [-0.1, -0.05) is 11.6 Å². The second-order valence-electron chi connectivity index (χ2n) is 2.96. The Morgan fingerprint density at radius 1 is 1.50 bits per heavy atom. The number of benzene rings is 1. The van der Waals surface area contributed by atoms with Crippen LogP contribution in [-0.4, -0.2) is 4.98 Å². The topological polar surface area (TPSA) is 39.6 Å². The van der Waals surface area contributed by atoms with Gasteiger partial charge in [0.05, 0.1) is 18.0 Å². The van der Waals surface area contributed by atoms with Crippen molar-refractivity contribution in [3.63, 3.8) is 0 Å². The Kier molecular flexibility index (Phi) is 2.14. The van der Waals surface area contributed by atoms with Crippen LogP contribution in [0.3, 0.4) is 0 Å². The second-order valence-corrected chi connectivity index (χ2v) is 3.40. The number of H-pyrrole nitrogens is 1. The van der Waals surface area contributed by atoms with Gasteiger partial charge in [-0.2, -0.15) is 5.26 Å². The van der Waals surface area contributed by atoms with Crippen molar-refractivity contribution in [2.45, 2.75) is 6.42 Å². The van der Waals surface area contributed by atoms with Crippen LogP contribution in [0.2, 0.25) is 5.02 Å². The molecule has 1 heterocycles. The van der Waals surface area contributed by atoms with Gasteiger partial charge in [0.1, 0.15) is 5.82 Å². The molecule has 0 bridgehead atoms. The normalized spacial score (nSPS) is 10.4. The first kappa shape index (κ1) is 9.04. The third-order valence-corrected chi connectivity index (χ3v) is 2.27. The second kappa shape index (κ2) is 3.32. The van der Waals surface area contributed by atoms with Gasteiger partial charge in [-0.15, -0.1) is 0 Å². The maximum absolute atomic E-state index is 13.5. The first-order valence-corrected chi connectivity index (χ1v) is 4.42. The molecule has 0 saturated carbocycles. The van der Waals surface area contributed by atoms with Gasteiger partial charge >= 0.3 is 0 Å². The summed E-state index contributed by atoms with van der Waals surface area (Å²) in [6, 6.07) is 4.87. The largest absolute Gasteiger partial charge is 0.361 e. The van der Waals surface area contributed by atoms with Gasteiger partial charge in [0, 0.05) is 16.6 Å². The van der Waals surface area contributed by atoms with Crippen molar-refractivity contribution in [3.05, 3.63) is 34.7 Å². The molecule has 70 valence electrons. The smallest absolute Gasteiger partial charge is 0.134 e. The van der Waals surface area contributed by atoms with Crippen LogP contribution in [0.5, 0.6) is 0 Å². The van der Waals surface area contributed by atoms with Crippen molar-refractivity contribution in [1.82, 2.24) is 4.98 Å². The fraction of sp³-hybridized carbons (Fsp3) is 0.100. The fourth-order valence-electron chi connectivity index (χ4n) is 1.48. The minimum absolute atomic E-state index is 0.193. The van der Waals surface area contributed by atoms with Crippen molar-refractivity contribution >= 4 is 22.5 Å². The maximum atomic E-state index is 13.5. The number of hydrogen-bond donors (Lipinski definition) is 1. The molecule has 0 amide bonds. The molecular formula is C10H6ClFN2. The van der Waals surface area contributed by atoms with Crippen LogP contribution >= 0.6 is 11.6 Å². The first-order valence-electron chi connectivity index (χ1n) is 4.04. The maximum Gasteiger partial charge on any atom is 0.134 e. The molecule has 0 fully saturated rings. The van der Waals surface area contributed by atoms with Crippen molar-refractivity contribution in [1.29, 1.82) is 5.26 Å². The van der Waals surface area contributed by atoms with E-state index in [0.717, 1.165) is 0 Å². The van der Waals surface area contributed by atoms with Gasteiger partial charge in [-0.05, 0) is 17.7 Å². The van der Waals surface area contributed by atoms with Crippen molar-refractivity contribution < 1.29 is 4.39 Å². The van der Waals surface area contributed by atoms with E-state index in [-0.39, 0.29) is 12.2 Å². The van der Waals surface area contributed by atoms with Crippen molar-refractivity contribution in [3.8, 4) is 6.07 Å². The lowest BCUT2D eigenvalue weighted by Gasteiger charge is -1.96. The van der Waals surface area contributed by atoms with Crippen LogP contribution < -0.4 is 0 Å². The summed E-state index contributed by atoms with van der Waals surface area (Å²) in [5, 5.41) is 9.33. The molecule has 1 N–H and O–H groups in total. The van der Waals surface area contributed by atoms with Gasteiger partial charge in [0.2, 0.25) is 0 Å². The highest BCUT2D eigenvalue weighted by Gasteiger charge is 2.09. The number of fused-ring (bicyclic) bond motifs is 1. The first-order chi connectivity index (χ1) is 6.72. The SMILES string of the molecule is N#CCc1c[nH]c2cc(Cl)cc(F)c12. The molecule has 14 heavy (non-hydrogen) atoms. The number of nitrogens with zero attached hydrogens (tertiary/aromatic N) is 1. The standard InChI is InChI=1S/C10H6ClFN2/c11-7-3-8(12)10-6(1-2-13)5-14-9(10)4-7/h3-5,14H,1H2. The summed E-state index contributed by atoms with van der Waals surface area (Å²) in [5.74, 6) is -0.390. The minimum atomic E-state index is -0.390. The Morgan fingerprint density at radius 3 is 3.00 bits per heavy atom. The highest BCUT2D eigenvalue weighted by Crippen LogP contribution is 2.25. The van der Waals surface area contributed by atoms with Crippen LogP contribution in [0, 0.1) is 17.1 Å². The molecule has 1 aromatic carbocycles. The fourth-order valence-corrected chi connectivity index (χ4v) is 1.68. The lowest BCUT2D eigenvalue weighted by Crippen LogP contribution is -1.82. The highest BCUT2D eigenvalue weighted by atomic mass is 35.5.